The van der Waals surface area contributed by atoms with Crippen LogP contribution in [-0.4, -0.2) is 24.9 Å². The molecule has 0 aromatic rings. The highest BCUT2D eigenvalue weighted by atomic mass is 16.5. The van der Waals surface area contributed by atoms with Gasteiger partial charge in [-0.1, -0.05) is 11.6 Å². The minimum absolute atomic E-state index is 0.149. The highest BCUT2D eigenvalue weighted by Crippen LogP contribution is 2.00. The van der Waals surface area contributed by atoms with Crippen LogP contribution in [0.1, 0.15) is 20.3 Å². The van der Waals surface area contributed by atoms with Gasteiger partial charge in [0.1, 0.15) is 0 Å². The maximum atomic E-state index is 8.61. The van der Waals surface area contributed by atoms with Crippen LogP contribution in [0.25, 0.3) is 0 Å². The zero-order chi connectivity index (χ0) is 7.98. The lowest BCUT2D eigenvalue weighted by atomic mass is 10.2. The molecule has 2 nitrogen and oxygen atoms in total. The van der Waals surface area contributed by atoms with Crippen LogP contribution in [0.2, 0.25) is 0 Å². The van der Waals surface area contributed by atoms with Gasteiger partial charge in [0.25, 0.3) is 0 Å². The van der Waals surface area contributed by atoms with Gasteiger partial charge in [-0.05, 0) is 20.3 Å². The Labute approximate surface area is 62.5 Å². The van der Waals surface area contributed by atoms with E-state index in [1.165, 1.54) is 0 Å². The molecule has 1 unspecified atom stereocenters. The summed E-state index contributed by atoms with van der Waals surface area (Å²) in [5.41, 5.74) is 1.00. The first-order valence-corrected chi connectivity index (χ1v) is 3.50. The predicted octanol–water partition coefficient (Wildman–Crippen LogP) is 1.35. The lowest BCUT2D eigenvalue weighted by Crippen LogP contribution is -2.02. The Hall–Kier alpha value is -0.340. The molecule has 0 spiro atoms. The van der Waals surface area contributed by atoms with E-state index in [0.29, 0.717) is 0 Å². The Balaban J connectivity index is 3.50. The number of methoxy groups -OCH3 is 1. The summed E-state index contributed by atoms with van der Waals surface area (Å²) >= 11 is 0. The van der Waals surface area contributed by atoms with Crippen molar-refractivity contribution in [3.8, 4) is 0 Å². The average molecular weight is 144 g/mol. The van der Waals surface area contributed by atoms with Crippen molar-refractivity contribution in [2.75, 3.05) is 13.7 Å². The maximum absolute atomic E-state index is 8.61. The largest absolute Gasteiger partial charge is 0.392 e. The second kappa shape index (κ2) is 5.45. The van der Waals surface area contributed by atoms with Gasteiger partial charge < -0.3 is 9.84 Å². The first kappa shape index (κ1) is 9.66. The molecule has 0 aromatic heterocycles. The molecular formula is C8H16O2. The van der Waals surface area contributed by atoms with Crippen molar-refractivity contribution in [3.05, 3.63) is 11.6 Å². The van der Waals surface area contributed by atoms with Gasteiger partial charge in [0.05, 0.1) is 12.7 Å². The minimum atomic E-state index is 0.149. The van der Waals surface area contributed by atoms with E-state index in [2.05, 4.69) is 0 Å². The van der Waals surface area contributed by atoms with Gasteiger partial charge in [-0.3, -0.25) is 0 Å². The van der Waals surface area contributed by atoms with Gasteiger partial charge in [0, 0.05) is 7.11 Å². The molecular weight excluding hydrogens is 128 g/mol. The van der Waals surface area contributed by atoms with Crippen molar-refractivity contribution in [1.29, 1.82) is 0 Å². The number of ether oxygens (including phenoxy) is 1. The fraction of sp³-hybridized carbons (Fsp3) is 0.750. The zero-order valence-corrected chi connectivity index (χ0v) is 6.92. The zero-order valence-electron chi connectivity index (χ0n) is 6.92. The van der Waals surface area contributed by atoms with Gasteiger partial charge in [0.2, 0.25) is 0 Å². The topological polar surface area (TPSA) is 29.5 Å². The van der Waals surface area contributed by atoms with E-state index in [1.807, 2.05) is 19.9 Å². The molecule has 0 aliphatic carbocycles. The standard InChI is InChI=1S/C8H16O2/c1-7(6-9)4-5-8(2)10-3/h4,8-9H,5-6H2,1-3H3/b7-4+. The normalized spacial score (nSPS) is 15.4. The van der Waals surface area contributed by atoms with Gasteiger partial charge in [0.15, 0.2) is 0 Å². The summed E-state index contributed by atoms with van der Waals surface area (Å²) in [6, 6.07) is 0. The van der Waals surface area contributed by atoms with Crippen molar-refractivity contribution >= 4 is 0 Å². The molecule has 60 valence electrons. The first-order valence-electron chi connectivity index (χ1n) is 3.50. The van der Waals surface area contributed by atoms with Crippen LogP contribution >= 0.6 is 0 Å². The third-order valence-electron chi connectivity index (χ3n) is 1.45. The van der Waals surface area contributed by atoms with Crippen molar-refractivity contribution in [3.63, 3.8) is 0 Å². The summed E-state index contributed by atoms with van der Waals surface area (Å²) in [4.78, 5) is 0. The molecule has 0 rings (SSSR count). The van der Waals surface area contributed by atoms with Crippen molar-refractivity contribution in [2.45, 2.75) is 26.4 Å². The van der Waals surface area contributed by atoms with Crippen LogP contribution in [0.15, 0.2) is 11.6 Å². The average Bonchev–Trinajstić information content (AvgIpc) is 1.99. The second-order valence-electron chi connectivity index (χ2n) is 2.49. The molecule has 0 saturated heterocycles. The van der Waals surface area contributed by atoms with Crippen LogP contribution in [0.5, 0.6) is 0 Å². The molecule has 0 fully saturated rings. The van der Waals surface area contributed by atoms with E-state index < -0.39 is 0 Å². The number of aliphatic hydroxyl groups is 1. The third-order valence-corrected chi connectivity index (χ3v) is 1.45. The molecule has 0 saturated carbocycles. The molecule has 0 heterocycles. The van der Waals surface area contributed by atoms with Gasteiger partial charge >= 0.3 is 0 Å². The molecule has 0 aromatic carbocycles. The van der Waals surface area contributed by atoms with Gasteiger partial charge in [-0.2, -0.15) is 0 Å². The van der Waals surface area contributed by atoms with Crippen molar-refractivity contribution in [2.24, 2.45) is 0 Å². The van der Waals surface area contributed by atoms with E-state index in [9.17, 15) is 0 Å². The fourth-order valence-corrected chi connectivity index (χ4v) is 0.528. The molecule has 0 bridgehead atoms. The van der Waals surface area contributed by atoms with Crippen molar-refractivity contribution < 1.29 is 9.84 Å². The van der Waals surface area contributed by atoms with E-state index in [4.69, 9.17) is 9.84 Å². The molecule has 0 aliphatic heterocycles. The van der Waals surface area contributed by atoms with Crippen LogP contribution in [0.4, 0.5) is 0 Å². The molecule has 1 N–H and O–H groups in total. The van der Waals surface area contributed by atoms with Crippen LogP contribution < -0.4 is 0 Å². The van der Waals surface area contributed by atoms with Gasteiger partial charge in [-0.15, -0.1) is 0 Å². The van der Waals surface area contributed by atoms with Crippen LogP contribution in [-0.2, 0) is 4.74 Å². The maximum Gasteiger partial charge on any atom is 0.0639 e. The minimum Gasteiger partial charge on any atom is -0.392 e. The summed E-state index contributed by atoms with van der Waals surface area (Å²) in [6.45, 7) is 4.06. The molecule has 2 heteroatoms. The highest BCUT2D eigenvalue weighted by Gasteiger charge is 1.94. The summed E-state index contributed by atoms with van der Waals surface area (Å²) in [5.74, 6) is 0. The Kier molecular flexibility index (Phi) is 5.26. The fourth-order valence-electron chi connectivity index (χ4n) is 0.528. The number of hydrogen-bond donors (Lipinski definition) is 1. The SMILES string of the molecule is COC(C)C/C=C(\C)CO. The number of rotatable bonds is 4. The summed E-state index contributed by atoms with van der Waals surface area (Å²) in [7, 11) is 1.69. The summed E-state index contributed by atoms with van der Waals surface area (Å²) in [6.07, 6.45) is 3.12. The Morgan fingerprint density at radius 1 is 1.70 bits per heavy atom. The Morgan fingerprint density at radius 2 is 2.30 bits per heavy atom. The number of hydrogen-bond acceptors (Lipinski definition) is 2. The third kappa shape index (κ3) is 4.53. The number of aliphatic hydroxyl groups excluding tert-OH is 1. The summed E-state index contributed by atoms with van der Waals surface area (Å²) in [5, 5.41) is 8.61. The monoisotopic (exact) mass is 144 g/mol. The second-order valence-corrected chi connectivity index (χ2v) is 2.49. The van der Waals surface area contributed by atoms with Gasteiger partial charge in [-0.25, -0.2) is 0 Å². The highest BCUT2D eigenvalue weighted by molar-refractivity contribution is 4.98. The first-order chi connectivity index (χ1) is 4.70. The lowest BCUT2D eigenvalue weighted by molar-refractivity contribution is 0.120. The molecule has 10 heavy (non-hydrogen) atoms. The Morgan fingerprint density at radius 3 is 2.70 bits per heavy atom. The van der Waals surface area contributed by atoms with Crippen LogP contribution in [0, 0.1) is 0 Å². The van der Waals surface area contributed by atoms with E-state index in [-0.39, 0.29) is 12.7 Å². The van der Waals surface area contributed by atoms with E-state index >= 15 is 0 Å². The quantitative estimate of drug-likeness (QED) is 0.603. The van der Waals surface area contributed by atoms with Crippen LogP contribution in [0.3, 0.4) is 0 Å². The molecule has 1 atom stereocenters. The smallest absolute Gasteiger partial charge is 0.0639 e. The molecule has 0 aliphatic rings. The lowest BCUT2D eigenvalue weighted by Gasteiger charge is -2.05. The predicted molar refractivity (Wildman–Crippen MR) is 41.9 cm³/mol. The van der Waals surface area contributed by atoms with Crippen molar-refractivity contribution in [1.82, 2.24) is 0 Å². The Bertz CT molecular complexity index is 108. The van der Waals surface area contributed by atoms with E-state index in [0.717, 1.165) is 12.0 Å². The van der Waals surface area contributed by atoms with E-state index in [1.54, 1.807) is 7.11 Å². The molecule has 0 radical (unpaired) electrons. The summed E-state index contributed by atoms with van der Waals surface area (Å²) < 4.78 is 5.02. The molecule has 0 amide bonds.